The molecule has 0 N–H and O–H groups in total. The fraction of sp³-hybridized carbons (Fsp3) is 0.463. The van der Waals surface area contributed by atoms with Crippen molar-refractivity contribution in [2.45, 2.75) is 108 Å². The van der Waals surface area contributed by atoms with E-state index in [1.165, 1.54) is 65.5 Å². The van der Waals surface area contributed by atoms with Crippen molar-refractivity contribution in [3.63, 3.8) is 0 Å². The Kier molecular flexibility index (Phi) is 13.4. The Balaban J connectivity index is 1.90. The molecular weight excluding hydrogens is 492 g/mol. The first kappa shape index (κ1) is 34.3. The van der Waals surface area contributed by atoms with Gasteiger partial charge in [-0.3, -0.25) is 0 Å². The molecule has 0 spiro atoms. The van der Waals surface area contributed by atoms with E-state index in [0.717, 1.165) is 5.92 Å². The largest absolute Gasteiger partial charge is 0.0696 e. The zero-order valence-corrected chi connectivity index (χ0v) is 28.2. The molecule has 0 saturated carbocycles. The summed E-state index contributed by atoms with van der Waals surface area (Å²) in [6, 6.07) is 0. The molecule has 1 atom stereocenters. The van der Waals surface area contributed by atoms with Crippen LogP contribution in [0.2, 0.25) is 0 Å². The summed E-state index contributed by atoms with van der Waals surface area (Å²) >= 11 is 0. The second-order valence-electron chi connectivity index (χ2n) is 13.9. The molecule has 2 rings (SSSR count). The maximum atomic E-state index is 2.38. The van der Waals surface area contributed by atoms with Crippen LogP contribution in [0.15, 0.2) is 130 Å². The van der Waals surface area contributed by atoms with Crippen LogP contribution < -0.4 is 0 Å². The molecule has 0 heterocycles. The van der Waals surface area contributed by atoms with Gasteiger partial charge in [0.25, 0.3) is 0 Å². The molecule has 0 aromatic rings. The number of rotatable bonds is 10. The van der Waals surface area contributed by atoms with E-state index in [-0.39, 0.29) is 5.41 Å². The van der Waals surface area contributed by atoms with Crippen LogP contribution in [0.4, 0.5) is 0 Å². The first-order valence-electron chi connectivity index (χ1n) is 15.7. The second-order valence-corrected chi connectivity index (χ2v) is 13.9. The van der Waals surface area contributed by atoms with Gasteiger partial charge in [-0.15, -0.1) is 0 Å². The molecule has 0 heteroatoms. The van der Waals surface area contributed by atoms with Crippen LogP contribution in [0.5, 0.6) is 0 Å². The Morgan fingerprint density at radius 3 is 1.51 bits per heavy atom. The normalized spacial score (nSPS) is 23.5. The smallest absolute Gasteiger partial charge is 0.0101 e. The van der Waals surface area contributed by atoms with Gasteiger partial charge in [0.15, 0.2) is 0 Å². The number of hydrogen-bond acceptors (Lipinski definition) is 0. The quantitative estimate of drug-likeness (QED) is 0.237. The van der Waals surface area contributed by atoms with Crippen LogP contribution in [-0.4, -0.2) is 0 Å². The lowest BCUT2D eigenvalue weighted by molar-refractivity contribution is 0.307. The van der Waals surface area contributed by atoms with Gasteiger partial charge in [0.1, 0.15) is 0 Å². The van der Waals surface area contributed by atoms with E-state index in [1.54, 1.807) is 11.1 Å². The number of hydrogen-bond donors (Lipinski definition) is 0. The second kappa shape index (κ2) is 16.0. The molecule has 0 aliphatic heterocycles. The van der Waals surface area contributed by atoms with Gasteiger partial charge in [0.05, 0.1) is 0 Å². The molecule has 2 aliphatic carbocycles. The highest BCUT2D eigenvalue weighted by Crippen LogP contribution is 2.43. The Labute approximate surface area is 254 Å². The Morgan fingerprint density at radius 1 is 0.610 bits per heavy atom. The van der Waals surface area contributed by atoms with Crippen molar-refractivity contribution in [1.29, 1.82) is 0 Å². The first-order valence-corrected chi connectivity index (χ1v) is 15.7. The van der Waals surface area contributed by atoms with Gasteiger partial charge in [-0.2, -0.15) is 0 Å². The van der Waals surface area contributed by atoms with Gasteiger partial charge < -0.3 is 0 Å². The van der Waals surface area contributed by atoms with Crippen molar-refractivity contribution in [3.8, 4) is 0 Å². The molecule has 0 unspecified atom stereocenters. The molecule has 0 nitrogen and oxygen atoms in total. The summed E-state index contributed by atoms with van der Waals surface area (Å²) in [6.07, 6.45) is 37.1. The summed E-state index contributed by atoms with van der Waals surface area (Å²) < 4.78 is 0. The topological polar surface area (TPSA) is 0 Å². The van der Waals surface area contributed by atoms with Gasteiger partial charge >= 0.3 is 0 Å². The van der Waals surface area contributed by atoms with Gasteiger partial charge in [0.2, 0.25) is 0 Å². The van der Waals surface area contributed by atoms with Crippen molar-refractivity contribution >= 4 is 0 Å². The van der Waals surface area contributed by atoms with E-state index in [2.05, 4.69) is 161 Å². The molecule has 41 heavy (non-hydrogen) atoms. The Bertz CT molecular complexity index is 1240. The zero-order valence-electron chi connectivity index (χ0n) is 28.2. The van der Waals surface area contributed by atoms with Crippen molar-refractivity contribution in [2.75, 3.05) is 0 Å². The average Bonchev–Trinajstić information content (AvgIpc) is 2.84. The van der Waals surface area contributed by atoms with Crippen molar-refractivity contribution in [2.24, 2.45) is 16.7 Å². The van der Waals surface area contributed by atoms with Crippen LogP contribution in [0.1, 0.15) is 108 Å². The lowest BCUT2D eigenvalue weighted by Gasteiger charge is -2.36. The minimum atomic E-state index is 0.263. The van der Waals surface area contributed by atoms with Gasteiger partial charge in [0, 0.05) is 0 Å². The van der Waals surface area contributed by atoms with E-state index < -0.39 is 0 Å². The molecular formula is C41H58. The van der Waals surface area contributed by atoms with Crippen LogP contribution in [0, 0.1) is 16.7 Å². The Hall–Kier alpha value is -2.86. The predicted octanol–water partition coefficient (Wildman–Crippen LogP) is 12.9. The van der Waals surface area contributed by atoms with Crippen LogP contribution in [-0.2, 0) is 0 Å². The fourth-order valence-electron chi connectivity index (χ4n) is 6.41. The highest BCUT2D eigenvalue weighted by molar-refractivity contribution is 5.39. The predicted molar refractivity (Wildman–Crippen MR) is 186 cm³/mol. The standard InChI is InChI=1S/C41H58/c1-31(19-14-21-33(3)24-26-38-36(6)23-16-28-40(38,8)9)17-12-13-18-32(2)20-15-22-34(4)25-27-39-37(7)29-35(5)30-41(39,10)11/h12-15,17-22,24-27,35H,16,23,28-30H2,1-11H3/b13-12+,19-14+,20-15+,26-24+,27-25+,31-17+,32-18+,33-21+,34-22+/t35-/m0/s1. The van der Waals surface area contributed by atoms with E-state index in [9.17, 15) is 0 Å². The van der Waals surface area contributed by atoms with Crippen LogP contribution >= 0.6 is 0 Å². The van der Waals surface area contributed by atoms with E-state index >= 15 is 0 Å². The van der Waals surface area contributed by atoms with E-state index in [1.807, 2.05) is 0 Å². The van der Waals surface area contributed by atoms with E-state index in [0.29, 0.717) is 5.41 Å². The fourth-order valence-corrected chi connectivity index (χ4v) is 6.41. The maximum absolute atomic E-state index is 2.38. The maximum Gasteiger partial charge on any atom is -0.0101 e. The van der Waals surface area contributed by atoms with Crippen LogP contribution in [0.25, 0.3) is 0 Å². The lowest BCUT2D eigenvalue weighted by Crippen LogP contribution is -2.23. The van der Waals surface area contributed by atoms with Crippen LogP contribution in [0.3, 0.4) is 0 Å². The molecule has 0 bridgehead atoms. The van der Waals surface area contributed by atoms with E-state index in [4.69, 9.17) is 0 Å². The Morgan fingerprint density at radius 2 is 1.05 bits per heavy atom. The van der Waals surface area contributed by atoms with Gasteiger partial charge in [-0.05, 0) is 102 Å². The third kappa shape index (κ3) is 11.9. The summed E-state index contributed by atoms with van der Waals surface area (Å²) in [6.45, 7) is 25.1. The molecule has 222 valence electrons. The minimum Gasteiger partial charge on any atom is -0.0696 e. The molecule has 0 fully saturated rings. The number of allylic oxidation sites excluding steroid dienone is 22. The molecule has 0 amide bonds. The third-order valence-corrected chi connectivity index (χ3v) is 8.54. The summed E-state index contributed by atoms with van der Waals surface area (Å²) in [5, 5.41) is 0. The zero-order chi connectivity index (χ0) is 30.6. The molecule has 0 radical (unpaired) electrons. The molecule has 2 aliphatic rings. The minimum absolute atomic E-state index is 0.263. The highest BCUT2D eigenvalue weighted by Gasteiger charge is 2.30. The molecule has 0 aromatic carbocycles. The molecule has 0 saturated heterocycles. The summed E-state index contributed by atoms with van der Waals surface area (Å²) in [4.78, 5) is 0. The third-order valence-electron chi connectivity index (χ3n) is 8.54. The van der Waals surface area contributed by atoms with Crippen molar-refractivity contribution in [1.82, 2.24) is 0 Å². The summed E-state index contributed by atoms with van der Waals surface area (Å²) in [7, 11) is 0. The first-order chi connectivity index (χ1) is 19.2. The molecule has 0 aromatic heterocycles. The lowest BCUT2D eigenvalue weighted by atomic mass is 9.69. The average molecular weight is 551 g/mol. The summed E-state index contributed by atoms with van der Waals surface area (Å²) in [5.41, 5.74) is 11.7. The summed E-state index contributed by atoms with van der Waals surface area (Å²) in [5.74, 6) is 0.780. The SMILES string of the molecule is CC1=C(/C=C/C(C)=C/C=C/C(C)=C/C=C/C=C(C)/C=C/C=C(C)/C=C/C2=C(C)C[C@H](C)CC2(C)C)C(C)(C)CCC1. The van der Waals surface area contributed by atoms with Gasteiger partial charge in [-0.25, -0.2) is 0 Å². The van der Waals surface area contributed by atoms with Crippen molar-refractivity contribution in [3.05, 3.63) is 130 Å². The van der Waals surface area contributed by atoms with Gasteiger partial charge in [-0.1, -0.05) is 153 Å². The van der Waals surface area contributed by atoms with Crippen molar-refractivity contribution < 1.29 is 0 Å². The highest BCUT2D eigenvalue weighted by atomic mass is 14.3. The monoisotopic (exact) mass is 550 g/mol.